The van der Waals surface area contributed by atoms with Gasteiger partial charge in [-0.15, -0.1) is 0 Å². The fourth-order valence-electron chi connectivity index (χ4n) is 3.20. The SMILES string of the molecule is CCC(CC)(OC)C(C)(OC)C(CC)(OC)OC. The van der Waals surface area contributed by atoms with Crippen molar-refractivity contribution in [1.29, 1.82) is 0 Å². The molecule has 0 aromatic heterocycles. The monoisotopic (exact) mass is 262 g/mol. The van der Waals surface area contributed by atoms with Gasteiger partial charge in [-0.2, -0.15) is 0 Å². The minimum Gasteiger partial charge on any atom is -0.375 e. The molecule has 0 spiro atoms. The number of hydrogen-bond donors (Lipinski definition) is 0. The van der Waals surface area contributed by atoms with E-state index in [1.165, 1.54) is 0 Å². The third kappa shape index (κ3) is 2.31. The fraction of sp³-hybridized carbons (Fsp3) is 1.00. The molecule has 1 unspecified atom stereocenters. The van der Waals surface area contributed by atoms with Gasteiger partial charge in [-0.1, -0.05) is 20.8 Å². The van der Waals surface area contributed by atoms with E-state index in [0.29, 0.717) is 6.42 Å². The van der Waals surface area contributed by atoms with Gasteiger partial charge in [0.2, 0.25) is 0 Å². The van der Waals surface area contributed by atoms with Gasteiger partial charge < -0.3 is 18.9 Å². The lowest BCUT2D eigenvalue weighted by Crippen LogP contribution is -2.68. The third-order valence-electron chi connectivity index (χ3n) is 4.66. The van der Waals surface area contributed by atoms with Crippen molar-refractivity contribution < 1.29 is 18.9 Å². The molecule has 4 heteroatoms. The molecule has 0 aliphatic heterocycles. The van der Waals surface area contributed by atoms with Crippen LogP contribution in [-0.2, 0) is 18.9 Å². The van der Waals surface area contributed by atoms with Crippen molar-refractivity contribution in [1.82, 2.24) is 0 Å². The predicted molar refractivity (Wildman–Crippen MR) is 72.8 cm³/mol. The van der Waals surface area contributed by atoms with Crippen LogP contribution in [0, 0.1) is 0 Å². The van der Waals surface area contributed by atoms with Gasteiger partial charge in [-0.3, -0.25) is 0 Å². The molecule has 0 N–H and O–H groups in total. The van der Waals surface area contributed by atoms with E-state index in [9.17, 15) is 0 Å². The van der Waals surface area contributed by atoms with Crippen LogP contribution in [0.1, 0.15) is 47.0 Å². The zero-order valence-corrected chi connectivity index (χ0v) is 13.3. The van der Waals surface area contributed by atoms with Gasteiger partial charge in [-0.05, 0) is 19.8 Å². The standard InChI is InChI=1S/C14H30O4/c1-9-13(10-2,16-6)12(4,15-5)14(11-3,17-7)18-8/h9-11H2,1-8H3. The normalized spacial score (nSPS) is 16.7. The van der Waals surface area contributed by atoms with Crippen LogP contribution in [0.3, 0.4) is 0 Å². The highest BCUT2D eigenvalue weighted by Gasteiger charge is 2.61. The lowest BCUT2D eigenvalue weighted by molar-refractivity contribution is -0.352. The van der Waals surface area contributed by atoms with Crippen LogP contribution in [0.2, 0.25) is 0 Å². The molecule has 1 atom stereocenters. The first kappa shape index (κ1) is 17.8. The minimum atomic E-state index is -0.830. The smallest absolute Gasteiger partial charge is 0.199 e. The predicted octanol–water partition coefficient (Wildman–Crippen LogP) is 3.00. The molecular formula is C14H30O4. The molecule has 0 amide bonds. The van der Waals surface area contributed by atoms with Gasteiger partial charge in [0, 0.05) is 34.9 Å². The summed E-state index contributed by atoms with van der Waals surface area (Å²) in [6.07, 6.45) is 2.31. The molecule has 0 bridgehead atoms. The molecule has 18 heavy (non-hydrogen) atoms. The second-order valence-electron chi connectivity index (χ2n) is 4.66. The maximum absolute atomic E-state index is 5.84. The third-order valence-corrected chi connectivity index (χ3v) is 4.66. The van der Waals surface area contributed by atoms with Crippen LogP contribution < -0.4 is 0 Å². The van der Waals surface area contributed by atoms with E-state index in [1.807, 2.05) is 13.8 Å². The van der Waals surface area contributed by atoms with E-state index in [0.717, 1.165) is 12.8 Å². The quantitative estimate of drug-likeness (QED) is 0.599. The summed E-state index contributed by atoms with van der Waals surface area (Å²) in [5, 5.41) is 0. The summed E-state index contributed by atoms with van der Waals surface area (Å²) < 4.78 is 23.0. The summed E-state index contributed by atoms with van der Waals surface area (Å²) in [6.45, 7) is 8.21. The summed E-state index contributed by atoms with van der Waals surface area (Å²) in [5.41, 5.74) is -1.15. The summed E-state index contributed by atoms with van der Waals surface area (Å²) >= 11 is 0. The Hall–Kier alpha value is -0.160. The van der Waals surface area contributed by atoms with Crippen LogP contribution in [0.4, 0.5) is 0 Å². The lowest BCUT2D eigenvalue weighted by atomic mass is 9.73. The molecule has 0 rings (SSSR count). The van der Waals surface area contributed by atoms with Crippen molar-refractivity contribution in [3.63, 3.8) is 0 Å². The van der Waals surface area contributed by atoms with Crippen LogP contribution in [-0.4, -0.2) is 45.4 Å². The van der Waals surface area contributed by atoms with E-state index >= 15 is 0 Å². The average Bonchev–Trinajstić information content (AvgIpc) is 2.43. The van der Waals surface area contributed by atoms with Crippen LogP contribution in [0.15, 0.2) is 0 Å². The molecule has 0 heterocycles. The molecule has 0 saturated carbocycles. The topological polar surface area (TPSA) is 36.9 Å². The van der Waals surface area contributed by atoms with Gasteiger partial charge in [0.05, 0.1) is 0 Å². The van der Waals surface area contributed by atoms with Crippen molar-refractivity contribution in [2.75, 3.05) is 28.4 Å². The molecule has 0 aromatic carbocycles. The molecule has 0 fully saturated rings. The van der Waals surface area contributed by atoms with Crippen LogP contribution in [0.5, 0.6) is 0 Å². The second kappa shape index (κ2) is 6.85. The molecule has 4 nitrogen and oxygen atoms in total. The number of hydrogen-bond acceptors (Lipinski definition) is 4. The van der Waals surface area contributed by atoms with Crippen LogP contribution >= 0.6 is 0 Å². The van der Waals surface area contributed by atoms with E-state index in [-0.39, 0.29) is 0 Å². The lowest BCUT2D eigenvalue weighted by Gasteiger charge is -2.54. The zero-order chi connectivity index (χ0) is 14.4. The Bertz CT molecular complexity index is 195. The van der Waals surface area contributed by atoms with Crippen molar-refractivity contribution in [2.24, 2.45) is 0 Å². The van der Waals surface area contributed by atoms with Gasteiger partial charge in [0.1, 0.15) is 11.2 Å². The maximum atomic E-state index is 5.84. The summed E-state index contributed by atoms with van der Waals surface area (Å²) in [7, 11) is 6.70. The highest BCUT2D eigenvalue weighted by Crippen LogP contribution is 2.46. The Morgan fingerprint density at radius 2 is 1.11 bits per heavy atom. The first-order valence-corrected chi connectivity index (χ1v) is 6.63. The Balaban J connectivity index is 5.84. The van der Waals surface area contributed by atoms with Gasteiger partial charge in [0.15, 0.2) is 5.79 Å². The largest absolute Gasteiger partial charge is 0.375 e. The second-order valence-corrected chi connectivity index (χ2v) is 4.66. The first-order valence-electron chi connectivity index (χ1n) is 6.63. The summed E-state index contributed by atoms with van der Waals surface area (Å²) in [6, 6.07) is 0. The molecule has 0 saturated heterocycles. The van der Waals surface area contributed by atoms with Crippen molar-refractivity contribution >= 4 is 0 Å². The van der Waals surface area contributed by atoms with E-state index in [4.69, 9.17) is 18.9 Å². The van der Waals surface area contributed by atoms with E-state index < -0.39 is 17.0 Å². The van der Waals surface area contributed by atoms with Crippen molar-refractivity contribution in [3.05, 3.63) is 0 Å². The van der Waals surface area contributed by atoms with Crippen LogP contribution in [0.25, 0.3) is 0 Å². The van der Waals surface area contributed by atoms with Gasteiger partial charge in [-0.25, -0.2) is 0 Å². The molecule has 0 radical (unpaired) electrons. The Labute approximate surface area is 112 Å². The Morgan fingerprint density at radius 3 is 1.28 bits per heavy atom. The molecular weight excluding hydrogens is 232 g/mol. The van der Waals surface area contributed by atoms with Crippen molar-refractivity contribution in [2.45, 2.75) is 63.9 Å². The molecule has 0 aliphatic rings. The number of ether oxygens (including phenoxy) is 4. The van der Waals surface area contributed by atoms with E-state index in [2.05, 4.69) is 13.8 Å². The average molecular weight is 262 g/mol. The van der Waals surface area contributed by atoms with E-state index in [1.54, 1.807) is 28.4 Å². The molecule has 0 aliphatic carbocycles. The first-order chi connectivity index (χ1) is 8.42. The Kier molecular flexibility index (Phi) is 6.79. The van der Waals surface area contributed by atoms with Gasteiger partial charge in [0.25, 0.3) is 0 Å². The number of methoxy groups -OCH3 is 4. The summed E-state index contributed by atoms with van der Waals surface area (Å²) in [4.78, 5) is 0. The molecule has 110 valence electrons. The van der Waals surface area contributed by atoms with Gasteiger partial charge >= 0.3 is 0 Å². The highest BCUT2D eigenvalue weighted by atomic mass is 16.7. The molecule has 0 aromatic rings. The minimum absolute atomic E-state index is 0.455. The zero-order valence-electron chi connectivity index (χ0n) is 13.3. The summed E-state index contributed by atoms with van der Waals surface area (Å²) in [5.74, 6) is -0.830. The fourth-order valence-corrected chi connectivity index (χ4v) is 3.20. The highest BCUT2D eigenvalue weighted by molar-refractivity contribution is 5.07. The maximum Gasteiger partial charge on any atom is 0.199 e. The van der Waals surface area contributed by atoms with Crippen molar-refractivity contribution in [3.8, 4) is 0 Å². The number of rotatable bonds is 9. The Morgan fingerprint density at radius 1 is 0.667 bits per heavy atom.